The van der Waals surface area contributed by atoms with E-state index < -0.39 is 0 Å². The van der Waals surface area contributed by atoms with Gasteiger partial charge in [0.25, 0.3) is 5.91 Å². The molecule has 0 saturated carbocycles. The van der Waals surface area contributed by atoms with Gasteiger partial charge < -0.3 is 9.80 Å². The molecular formula is C27H23ClN6O. The molecule has 3 aromatic carbocycles. The van der Waals surface area contributed by atoms with Gasteiger partial charge >= 0.3 is 0 Å². The summed E-state index contributed by atoms with van der Waals surface area (Å²) in [6.45, 7) is 3.95. The van der Waals surface area contributed by atoms with Crippen LogP contribution in [0.5, 0.6) is 0 Å². The number of anilines is 1. The third kappa shape index (κ3) is 3.78. The number of nitrogens with zero attached hydrogens (tertiary/aromatic N) is 6. The Bertz CT molecular complexity index is 1540. The maximum atomic E-state index is 13.1. The van der Waals surface area contributed by atoms with E-state index in [-0.39, 0.29) is 11.9 Å². The number of carbonyl (C=O) groups is 1. The minimum atomic E-state index is 0.0000188. The van der Waals surface area contributed by atoms with Crippen LogP contribution in [0, 0.1) is 0 Å². The van der Waals surface area contributed by atoms with Gasteiger partial charge in [-0.25, -0.2) is 9.38 Å². The average Bonchev–Trinajstić information content (AvgIpc) is 3.34. The van der Waals surface area contributed by atoms with E-state index >= 15 is 0 Å². The zero-order valence-electron chi connectivity index (χ0n) is 19.2. The number of piperazine rings is 1. The molecule has 0 unspecified atom stereocenters. The highest BCUT2D eigenvalue weighted by molar-refractivity contribution is 6.31. The summed E-state index contributed by atoms with van der Waals surface area (Å²) in [6, 6.07) is 25.1. The lowest BCUT2D eigenvalue weighted by Crippen LogP contribution is -2.54. The molecule has 0 N–H and O–H groups in total. The lowest BCUT2D eigenvalue weighted by atomic mass is 10.1. The zero-order valence-corrected chi connectivity index (χ0v) is 19.9. The summed E-state index contributed by atoms with van der Waals surface area (Å²) in [5.41, 5.74) is 3.17. The lowest BCUT2D eigenvalue weighted by molar-refractivity contribution is 0.0673. The van der Waals surface area contributed by atoms with Crippen molar-refractivity contribution < 1.29 is 4.79 Å². The topological polar surface area (TPSA) is 66.6 Å². The third-order valence-electron chi connectivity index (χ3n) is 6.51. The first kappa shape index (κ1) is 21.6. The van der Waals surface area contributed by atoms with Gasteiger partial charge in [0.2, 0.25) is 5.95 Å². The molecule has 1 aliphatic heterocycles. The largest absolute Gasteiger partial charge is 0.338 e. The number of benzene rings is 3. The molecule has 174 valence electrons. The molecule has 1 saturated heterocycles. The van der Waals surface area contributed by atoms with Gasteiger partial charge in [0.05, 0.1) is 5.52 Å². The minimum absolute atomic E-state index is 0.0000188. The number of carbonyl (C=O) groups excluding carboxylic acids is 1. The Morgan fingerprint density at radius 2 is 1.69 bits per heavy atom. The van der Waals surface area contributed by atoms with Crippen molar-refractivity contribution in [1.82, 2.24) is 24.5 Å². The second-order valence-electron chi connectivity index (χ2n) is 8.78. The van der Waals surface area contributed by atoms with Crippen molar-refractivity contribution in [3.05, 3.63) is 89.4 Å². The second-order valence-corrected chi connectivity index (χ2v) is 9.22. The van der Waals surface area contributed by atoms with Crippen LogP contribution in [-0.4, -0.2) is 56.1 Å². The Balaban J connectivity index is 1.43. The van der Waals surface area contributed by atoms with Crippen molar-refractivity contribution in [2.75, 3.05) is 24.5 Å². The van der Waals surface area contributed by atoms with Crippen LogP contribution >= 0.6 is 11.6 Å². The molecule has 0 spiro atoms. The molecule has 0 bridgehead atoms. The Labute approximate surface area is 207 Å². The van der Waals surface area contributed by atoms with E-state index in [4.69, 9.17) is 16.6 Å². The lowest BCUT2D eigenvalue weighted by Gasteiger charge is -2.40. The molecule has 8 heteroatoms. The molecule has 1 aliphatic rings. The predicted octanol–water partition coefficient (Wildman–Crippen LogP) is 4.95. The highest BCUT2D eigenvalue weighted by Gasteiger charge is 2.31. The first-order valence-corrected chi connectivity index (χ1v) is 12.0. The van der Waals surface area contributed by atoms with Crippen LogP contribution in [-0.2, 0) is 0 Å². The summed E-state index contributed by atoms with van der Waals surface area (Å²) >= 11 is 6.30. The van der Waals surface area contributed by atoms with Crippen LogP contribution < -0.4 is 4.90 Å². The van der Waals surface area contributed by atoms with E-state index in [0.717, 1.165) is 33.9 Å². The fourth-order valence-corrected chi connectivity index (χ4v) is 4.93. The molecule has 3 heterocycles. The van der Waals surface area contributed by atoms with Crippen LogP contribution in [0.2, 0.25) is 5.02 Å². The fraction of sp³-hybridized carbons (Fsp3) is 0.185. The summed E-state index contributed by atoms with van der Waals surface area (Å²) in [5.74, 6) is 1.53. The van der Waals surface area contributed by atoms with Crippen molar-refractivity contribution >= 4 is 40.0 Å². The summed E-state index contributed by atoms with van der Waals surface area (Å²) in [5, 5.41) is 10.6. The SMILES string of the molecule is C[C@@H]1CN(c2nc3cc(Cl)ccc3c3nnc(-c4ccccc4)n23)CCN1C(=O)c1ccccc1. The highest BCUT2D eigenvalue weighted by atomic mass is 35.5. The summed E-state index contributed by atoms with van der Waals surface area (Å²) in [6.07, 6.45) is 0. The number of fused-ring (bicyclic) bond motifs is 3. The summed E-state index contributed by atoms with van der Waals surface area (Å²) < 4.78 is 2.02. The van der Waals surface area contributed by atoms with Gasteiger partial charge in [-0.05, 0) is 37.3 Å². The number of hydrogen-bond donors (Lipinski definition) is 0. The van der Waals surface area contributed by atoms with E-state index in [1.54, 1.807) is 0 Å². The summed E-state index contributed by atoms with van der Waals surface area (Å²) in [7, 11) is 0. The number of hydrogen-bond acceptors (Lipinski definition) is 5. The Morgan fingerprint density at radius 3 is 2.43 bits per heavy atom. The normalized spacial score (nSPS) is 16.2. The molecule has 5 aromatic rings. The fourth-order valence-electron chi connectivity index (χ4n) is 4.77. The smallest absolute Gasteiger partial charge is 0.254 e. The number of aromatic nitrogens is 4. The van der Waals surface area contributed by atoms with Crippen molar-refractivity contribution in [3.8, 4) is 11.4 Å². The first-order chi connectivity index (χ1) is 17.1. The molecule has 1 fully saturated rings. The van der Waals surface area contributed by atoms with E-state index in [0.29, 0.717) is 30.2 Å². The van der Waals surface area contributed by atoms with Gasteiger partial charge in [0.1, 0.15) is 0 Å². The van der Waals surface area contributed by atoms with Crippen molar-refractivity contribution in [2.45, 2.75) is 13.0 Å². The molecule has 35 heavy (non-hydrogen) atoms. The van der Waals surface area contributed by atoms with Crippen molar-refractivity contribution in [3.63, 3.8) is 0 Å². The molecule has 7 nitrogen and oxygen atoms in total. The quantitative estimate of drug-likeness (QED) is 0.364. The van der Waals surface area contributed by atoms with Gasteiger partial charge in [-0.15, -0.1) is 10.2 Å². The number of rotatable bonds is 3. The average molecular weight is 483 g/mol. The Kier molecular flexibility index (Phi) is 5.34. The molecular weight excluding hydrogens is 460 g/mol. The van der Waals surface area contributed by atoms with Crippen LogP contribution in [0.1, 0.15) is 17.3 Å². The maximum absolute atomic E-state index is 13.1. The van der Waals surface area contributed by atoms with Gasteiger partial charge in [-0.2, -0.15) is 0 Å². The zero-order chi connectivity index (χ0) is 23.9. The predicted molar refractivity (Wildman–Crippen MR) is 138 cm³/mol. The van der Waals surface area contributed by atoms with Gasteiger partial charge in [-0.1, -0.05) is 60.1 Å². The number of amides is 1. The minimum Gasteiger partial charge on any atom is -0.338 e. The molecule has 1 amide bonds. The molecule has 0 aliphatic carbocycles. The molecule has 6 rings (SSSR count). The van der Waals surface area contributed by atoms with Gasteiger partial charge in [0.15, 0.2) is 11.5 Å². The van der Waals surface area contributed by atoms with Gasteiger partial charge in [0, 0.05) is 47.2 Å². The van der Waals surface area contributed by atoms with Gasteiger partial charge in [-0.3, -0.25) is 4.79 Å². The second kappa shape index (κ2) is 8.67. The Hall–Kier alpha value is -3.97. The standard InChI is InChI=1S/C27H23ClN6O/c1-18-17-32(14-15-33(18)26(35)20-10-6-3-7-11-20)27-29-23-16-21(28)12-13-22(23)25-31-30-24(34(25)27)19-8-4-2-5-9-19/h2-13,16,18H,14-15,17H2,1H3/t18-/m1/s1. The first-order valence-electron chi connectivity index (χ1n) is 11.6. The molecule has 0 radical (unpaired) electrons. The molecule has 1 atom stereocenters. The van der Waals surface area contributed by atoms with Crippen LogP contribution in [0.4, 0.5) is 5.95 Å². The van der Waals surface area contributed by atoms with Crippen LogP contribution in [0.3, 0.4) is 0 Å². The highest BCUT2D eigenvalue weighted by Crippen LogP contribution is 2.31. The van der Waals surface area contributed by atoms with E-state index in [1.807, 2.05) is 88.2 Å². The number of halogens is 1. The van der Waals surface area contributed by atoms with Crippen LogP contribution in [0.15, 0.2) is 78.9 Å². The van der Waals surface area contributed by atoms with E-state index in [9.17, 15) is 4.79 Å². The summed E-state index contributed by atoms with van der Waals surface area (Å²) in [4.78, 5) is 22.3. The van der Waals surface area contributed by atoms with Crippen molar-refractivity contribution in [1.29, 1.82) is 0 Å². The Morgan fingerprint density at radius 1 is 0.943 bits per heavy atom. The van der Waals surface area contributed by atoms with E-state index in [1.165, 1.54) is 0 Å². The van der Waals surface area contributed by atoms with Crippen molar-refractivity contribution in [2.24, 2.45) is 0 Å². The third-order valence-corrected chi connectivity index (χ3v) is 6.74. The monoisotopic (exact) mass is 482 g/mol. The maximum Gasteiger partial charge on any atom is 0.254 e. The van der Waals surface area contributed by atoms with Crippen LogP contribution in [0.25, 0.3) is 27.9 Å². The van der Waals surface area contributed by atoms with E-state index in [2.05, 4.69) is 22.0 Å². The molecule has 2 aromatic heterocycles.